The highest BCUT2D eigenvalue weighted by Crippen LogP contribution is 2.09. The number of aromatic nitrogens is 2. The molecule has 0 spiro atoms. The molecule has 0 aromatic carbocycles. The second kappa shape index (κ2) is 6.88. The van der Waals surface area contributed by atoms with Crippen molar-refractivity contribution in [2.45, 2.75) is 65.8 Å². The van der Waals surface area contributed by atoms with E-state index in [1.165, 1.54) is 0 Å². The van der Waals surface area contributed by atoms with Crippen molar-refractivity contribution in [3.05, 3.63) is 11.8 Å². The molecule has 0 amide bonds. The van der Waals surface area contributed by atoms with Crippen LogP contribution in [-0.2, 0) is 12.8 Å². The van der Waals surface area contributed by atoms with Gasteiger partial charge in [0.2, 0.25) is 11.8 Å². The summed E-state index contributed by atoms with van der Waals surface area (Å²) in [7, 11) is 0. The summed E-state index contributed by atoms with van der Waals surface area (Å²) in [5.74, 6) is 2.23. The minimum absolute atomic E-state index is 0.178. The minimum atomic E-state index is 0.178. The zero-order valence-corrected chi connectivity index (χ0v) is 12.4. The molecule has 0 saturated heterocycles. The fraction of sp³-hybridized carbons (Fsp3) is 0.857. The Kier molecular flexibility index (Phi) is 5.79. The van der Waals surface area contributed by atoms with Crippen molar-refractivity contribution in [1.82, 2.24) is 15.5 Å². The van der Waals surface area contributed by atoms with E-state index in [0.717, 1.165) is 44.0 Å². The predicted octanol–water partition coefficient (Wildman–Crippen LogP) is 2.98. The number of hydrogen-bond donors (Lipinski definition) is 1. The molecule has 1 rings (SSSR count). The number of nitrogens with one attached hydrogen (secondary N) is 1. The molecule has 0 aliphatic heterocycles. The Hall–Kier alpha value is -0.900. The van der Waals surface area contributed by atoms with Crippen molar-refractivity contribution in [2.75, 3.05) is 6.54 Å². The molecule has 104 valence electrons. The lowest BCUT2D eigenvalue weighted by molar-refractivity contribution is 0.400. The number of rotatable bonds is 7. The van der Waals surface area contributed by atoms with E-state index in [4.69, 9.17) is 4.42 Å². The summed E-state index contributed by atoms with van der Waals surface area (Å²) in [6.07, 6.45) is 3.89. The zero-order valence-electron chi connectivity index (χ0n) is 12.4. The highest BCUT2D eigenvalue weighted by Gasteiger charge is 2.09. The normalized spacial score (nSPS) is 12.3. The van der Waals surface area contributed by atoms with Crippen LogP contribution >= 0.6 is 0 Å². The average molecular weight is 253 g/mol. The molecule has 1 aromatic rings. The van der Waals surface area contributed by atoms with Crippen LogP contribution in [0.25, 0.3) is 0 Å². The largest absolute Gasteiger partial charge is 0.425 e. The Labute approximate surface area is 111 Å². The smallest absolute Gasteiger partial charge is 0.216 e. The van der Waals surface area contributed by atoms with Gasteiger partial charge >= 0.3 is 0 Å². The maximum absolute atomic E-state index is 5.62. The highest BCUT2D eigenvalue weighted by molar-refractivity contribution is 4.83. The Bertz CT molecular complexity index is 339. The van der Waals surface area contributed by atoms with Gasteiger partial charge in [-0.1, -0.05) is 13.8 Å². The van der Waals surface area contributed by atoms with Crippen LogP contribution in [-0.4, -0.2) is 22.3 Å². The summed E-state index contributed by atoms with van der Waals surface area (Å²) in [4.78, 5) is 0. The Morgan fingerprint density at radius 3 is 2.28 bits per heavy atom. The van der Waals surface area contributed by atoms with Crippen LogP contribution in [0.3, 0.4) is 0 Å². The van der Waals surface area contributed by atoms with E-state index >= 15 is 0 Å². The molecule has 0 unspecified atom stereocenters. The topological polar surface area (TPSA) is 51.0 Å². The Morgan fingerprint density at radius 1 is 1.11 bits per heavy atom. The second-order valence-electron chi connectivity index (χ2n) is 6.30. The summed E-state index contributed by atoms with van der Waals surface area (Å²) < 4.78 is 5.62. The molecule has 0 atom stereocenters. The first-order chi connectivity index (χ1) is 8.37. The first kappa shape index (κ1) is 15.2. The lowest BCUT2D eigenvalue weighted by Crippen LogP contribution is -2.36. The fourth-order valence-electron chi connectivity index (χ4n) is 1.61. The van der Waals surface area contributed by atoms with Crippen LogP contribution in [0.2, 0.25) is 0 Å². The van der Waals surface area contributed by atoms with Crippen molar-refractivity contribution < 1.29 is 4.42 Å². The quantitative estimate of drug-likeness (QED) is 0.759. The molecule has 4 heteroatoms. The van der Waals surface area contributed by atoms with Gasteiger partial charge < -0.3 is 9.73 Å². The van der Waals surface area contributed by atoms with Gasteiger partial charge in [0.25, 0.3) is 0 Å². The van der Waals surface area contributed by atoms with Crippen molar-refractivity contribution in [2.24, 2.45) is 5.92 Å². The van der Waals surface area contributed by atoms with E-state index in [9.17, 15) is 0 Å². The van der Waals surface area contributed by atoms with E-state index in [0.29, 0.717) is 5.92 Å². The summed E-state index contributed by atoms with van der Waals surface area (Å²) in [6.45, 7) is 11.9. The molecule has 4 nitrogen and oxygen atoms in total. The summed E-state index contributed by atoms with van der Waals surface area (Å²) in [5.41, 5.74) is 0.178. The van der Waals surface area contributed by atoms with Crippen LogP contribution in [0.4, 0.5) is 0 Å². The second-order valence-corrected chi connectivity index (χ2v) is 6.30. The van der Waals surface area contributed by atoms with Gasteiger partial charge in [-0.05, 0) is 46.1 Å². The van der Waals surface area contributed by atoms with Crippen LogP contribution in [0.1, 0.15) is 59.2 Å². The van der Waals surface area contributed by atoms with Gasteiger partial charge in [0.15, 0.2) is 0 Å². The third-order valence-corrected chi connectivity index (χ3v) is 2.67. The average Bonchev–Trinajstić information content (AvgIpc) is 2.68. The van der Waals surface area contributed by atoms with Crippen molar-refractivity contribution in [3.8, 4) is 0 Å². The molecule has 0 radical (unpaired) electrons. The summed E-state index contributed by atoms with van der Waals surface area (Å²) in [6, 6.07) is 0. The maximum atomic E-state index is 5.62. The lowest BCUT2D eigenvalue weighted by atomic mass is 10.1. The predicted molar refractivity (Wildman–Crippen MR) is 73.5 cm³/mol. The molecule has 0 bridgehead atoms. The molecule has 1 N–H and O–H groups in total. The van der Waals surface area contributed by atoms with E-state index in [2.05, 4.69) is 50.1 Å². The lowest BCUT2D eigenvalue weighted by Gasteiger charge is -2.19. The first-order valence-corrected chi connectivity index (χ1v) is 6.93. The molecular formula is C14H27N3O. The molecule has 0 aliphatic rings. The third-order valence-electron chi connectivity index (χ3n) is 2.67. The summed E-state index contributed by atoms with van der Waals surface area (Å²) >= 11 is 0. The number of hydrogen-bond acceptors (Lipinski definition) is 4. The van der Waals surface area contributed by atoms with E-state index in [-0.39, 0.29) is 5.54 Å². The summed E-state index contributed by atoms with van der Waals surface area (Å²) in [5, 5.41) is 11.6. The molecule has 18 heavy (non-hydrogen) atoms. The monoisotopic (exact) mass is 253 g/mol. The molecular weight excluding hydrogens is 226 g/mol. The van der Waals surface area contributed by atoms with Gasteiger partial charge in [-0.2, -0.15) is 0 Å². The van der Waals surface area contributed by atoms with E-state index in [1.807, 2.05) is 0 Å². The maximum Gasteiger partial charge on any atom is 0.216 e. The van der Waals surface area contributed by atoms with Gasteiger partial charge in [-0.25, -0.2) is 0 Å². The minimum Gasteiger partial charge on any atom is -0.425 e. The van der Waals surface area contributed by atoms with Gasteiger partial charge in [0.05, 0.1) is 0 Å². The number of aryl methyl sites for hydroxylation is 2. The van der Waals surface area contributed by atoms with Gasteiger partial charge in [-0.15, -0.1) is 10.2 Å². The van der Waals surface area contributed by atoms with Crippen molar-refractivity contribution in [3.63, 3.8) is 0 Å². The van der Waals surface area contributed by atoms with Gasteiger partial charge in [0, 0.05) is 18.4 Å². The van der Waals surface area contributed by atoms with Crippen LogP contribution in [0.5, 0.6) is 0 Å². The van der Waals surface area contributed by atoms with E-state index < -0.39 is 0 Å². The molecule has 1 heterocycles. The fourth-order valence-corrected chi connectivity index (χ4v) is 1.61. The Balaban J connectivity index is 2.23. The SMILES string of the molecule is CC(C)CCc1nnc(CCCNC(C)(C)C)o1. The van der Waals surface area contributed by atoms with Crippen molar-refractivity contribution in [1.29, 1.82) is 0 Å². The molecule has 1 aromatic heterocycles. The van der Waals surface area contributed by atoms with Crippen LogP contribution in [0, 0.1) is 5.92 Å². The molecule has 0 aliphatic carbocycles. The van der Waals surface area contributed by atoms with Gasteiger partial charge in [0.1, 0.15) is 0 Å². The number of nitrogens with zero attached hydrogens (tertiary/aromatic N) is 2. The van der Waals surface area contributed by atoms with Crippen molar-refractivity contribution >= 4 is 0 Å². The van der Waals surface area contributed by atoms with Crippen LogP contribution in [0.15, 0.2) is 4.42 Å². The third kappa shape index (κ3) is 6.74. The zero-order chi connectivity index (χ0) is 13.6. The Morgan fingerprint density at radius 2 is 1.72 bits per heavy atom. The van der Waals surface area contributed by atoms with E-state index in [1.54, 1.807) is 0 Å². The van der Waals surface area contributed by atoms with Gasteiger partial charge in [-0.3, -0.25) is 0 Å². The van der Waals surface area contributed by atoms with Crippen LogP contribution < -0.4 is 5.32 Å². The molecule has 0 saturated carbocycles. The first-order valence-electron chi connectivity index (χ1n) is 6.93. The highest BCUT2D eigenvalue weighted by atomic mass is 16.4. The standard InChI is InChI=1S/C14H27N3O/c1-11(2)8-9-13-17-16-12(18-13)7-6-10-15-14(3,4)5/h11,15H,6-10H2,1-5H3. The molecule has 0 fully saturated rings.